The Kier molecular flexibility index (Phi) is 6.03. The van der Waals surface area contributed by atoms with Gasteiger partial charge in [-0.2, -0.15) is 0 Å². The third kappa shape index (κ3) is 3.96. The zero-order chi connectivity index (χ0) is 15.2. The van der Waals surface area contributed by atoms with Gasteiger partial charge >= 0.3 is 0 Å². The van der Waals surface area contributed by atoms with Crippen LogP contribution in [-0.4, -0.2) is 18.6 Å². The van der Waals surface area contributed by atoms with Gasteiger partial charge in [-0.15, -0.1) is 0 Å². The van der Waals surface area contributed by atoms with Crippen LogP contribution >= 0.6 is 27.5 Å². The smallest absolute Gasteiger partial charge is 0.142 e. The maximum absolute atomic E-state index is 6.39. The normalized spacial score (nSPS) is 12.2. The first kappa shape index (κ1) is 16.3. The molecule has 1 N–H and O–H groups in total. The summed E-state index contributed by atoms with van der Waals surface area (Å²) in [7, 11) is 1.65. The summed E-state index contributed by atoms with van der Waals surface area (Å²) < 4.78 is 6.43. The molecule has 2 aromatic rings. The van der Waals surface area contributed by atoms with Gasteiger partial charge in [0.2, 0.25) is 0 Å². The van der Waals surface area contributed by atoms with Crippen molar-refractivity contribution in [3.8, 4) is 5.75 Å². The molecule has 0 radical (unpaired) electrons. The van der Waals surface area contributed by atoms with E-state index in [1.165, 1.54) is 0 Å². The summed E-state index contributed by atoms with van der Waals surface area (Å²) in [5.41, 5.74) is 1.82. The van der Waals surface area contributed by atoms with E-state index in [-0.39, 0.29) is 6.04 Å². The molecule has 0 aliphatic carbocycles. The SMILES string of the molecule is CCCNC(c1cc(Br)ccc1Cl)c1ncccc1OC. The van der Waals surface area contributed by atoms with Crippen LogP contribution in [0.25, 0.3) is 0 Å². The Hall–Kier alpha value is -1.10. The molecule has 0 saturated carbocycles. The number of ether oxygens (including phenoxy) is 1. The van der Waals surface area contributed by atoms with Crippen LogP contribution in [0.1, 0.15) is 30.6 Å². The number of rotatable bonds is 6. The average molecular weight is 370 g/mol. The number of hydrogen-bond acceptors (Lipinski definition) is 3. The molecule has 2 rings (SSSR count). The maximum Gasteiger partial charge on any atom is 0.142 e. The second-order valence-electron chi connectivity index (χ2n) is 4.64. The van der Waals surface area contributed by atoms with Crippen LogP contribution in [0.15, 0.2) is 41.0 Å². The number of hydrogen-bond donors (Lipinski definition) is 1. The number of nitrogens with zero attached hydrogens (tertiary/aromatic N) is 1. The molecule has 1 heterocycles. The topological polar surface area (TPSA) is 34.2 Å². The third-order valence-corrected chi connectivity index (χ3v) is 4.00. The monoisotopic (exact) mass is 368 g/mol. The van der Waals surface area contributed by atoms with Gasteiger partial charge < -0.3 is 10.1 Å². The standard InChI is InChI=1S/C16H18BrClN2O/c1-3-8-19-15(12-10-11(17)6-7-13(12)18)16-14(21-2)5-4-9-20-16/h4-7,9-10,15,19H,3,8H2,1-2H3. The molecule has 3 nitrogen and oxygen atoms in total. The van der Waals surface area contributed by atoms with Gasteiger partial charge in [0, 0.05) is 15.7 Å². The average Bonchev–Trinajstić information content (AvgIpc) is 2.51. The largest absolute Gasteiger partial charge is 0.495 e. The molecule has 0 saturated heterocycles. The van der Waals surface area contributed by atoms with Crippen LogP contribution in [0.2, 0.25) is 5.02 Å². The van der Waals surface area contributed by atoms with Gasteiger partial charge in [0.05, 0.1) is 13.2 Å². The zero-order valence-electron chi connectivity index (χ0n) is 12.1. The lowest BCUT2D eigenvalue weighted by atomic mass is 10.0. The number of benzene rings is 1. The van der Waals surface area contributed by atoms with Crippen molar-refractivity contribution in [1.29, 1.82) is 0 Å². The fraction of sp³-hybridized carbons (Fsp3) is 0.312. The molecular weight excluding hydrogens is 352 g/mol. The Morgan fingerprint density at radius 1 is 1.38 bits per heavy atom. The molecule has 1 unspecified atom stereocenters. The van der Waals surface area contributed by atoms with Crippen LogP contribution in [-0.2, 0) is 0 Å². The summed E-state index contributed by atoms with van der Waals surface area (Å²) in [6.45, 7) is 3.00. The molecule has 1 atom stereocenters. The molecular formula is C16H18BrClN2O. The number of pyridine rings is 1. The van der Waals surface area contributed by atoms with Crippen molar-refractivity contribution >= 4 is 27.5 Å². The van der Waals surface area contributed by atoms with E-state index in [9.17, 15) is 0 Å². The molecule has 112 valence electrons. The molecule has 0 fully saturated rings. The summed E-state index contributed by atoms with van der Waals surface area (Å²) in [6, 6.07) is 9.50. The molecule has 5 heteroatoms. The summed E-state index contributed by atoms with van der Waals surface area (Å²) in [6.07, 6.45) is 2.79. The van der Waals surface area contributed by atoms with Gasteiger partial charge in [0.15, 0.2) is 0 Å². The van der Waals surface area contributed by atoms with Crippen molar-refractivity contribution in [2.75, 3.05) is 13.7 Å². The Morgan fingerprint density at radius 3 is 2.90 bits per heavy atom. The van der Waals surface area contributed by atoms with Gasteiger partial charge in [-0.05, 0) is 48.9 Å². The highest BCUT2D eigenvalue weighted by molar-refractivity contribution is 9.10. The fourth-order valence-corrected chi connectivity index (χ4v) is 2.78. The quantitative estimate of drug-likeness (QED) is 0.808. The molecule has 0 aliphatic rings. The Bertz CT molecular complexity index is 607. The van der Waals surface area contributed by atoms with Crippen LogP contribution in [0.5, 0.6) is 5.75 Å². The predicted molar refractivity (Wildman–Crippen MR) is 90.1 cm³/mol. The number of halogens is 2. The van der Waals surface area contributed by atoms with E-state index in [4.69, 9.17) is 16.3 Å². The lowest BCUT2D eigenvalue weighted by Gasteiger charge is -2.21. The second-order valence-corrected chi connectivity index (χ2v) is 5.97. The maximum atomic E-state index is 6.39. The summed E-state index contributed by atoms with van der Waals surface area (Å²) >= 11 is 9.89. The van der Waals surface area contributed by atoms with Gasteiger partial charge in [0.1, 0.15) is 11.4 Å². The molecule has 21 heavy (non-hydrogen) atoms. The number of aromatic nitrogens is 1. The van der Waals surface area contributed by atoms with Gasteiger partial charge in [0.25, 0.3) is 0 Å². The third-order valence-electron chi connectivity index (χ3n) is 3.16. The molecule has 0 bridgehead atoms. The molecule has 1 aromatic carbocycles. The Balaban J connectivity index is 2.49. The molecule has 0 aliphatic heterocycles. The van der Waals surface area contributed by atoms with E-state index in [1.54, 1.807) is 13.3 Å². The van der Waals surface area contributed by atoms with Crippen molar-refractivity contribution < 1.29 is 4.74 Å². The molecule has 0 amide bonds. The predicted octanol–water partition coefficient (Wildman–Crippen LogP) is 4.60. The minimum absolute atomic E-state index is 0.105. The first-order valence-electron chi connectivity index (χ1n) is 6.84. The second kappa shape index (κ2) is 7.78. The van der Waals surface area contributed by atoms with Gasteiger partial charge in [-0.1, -0.05) is 34.5 Å². The Morgan fingerprint density at radius 2 is 2.19 bits per heavy atom. The van der Waals surface area contributed by atoms with Crippen LogP contribution in [0.4, 0.5) is 0 Å². The van der Waals surface area contributed by atoms with Crippen molar-refractivity contribution in [2.45, 2.75) is 19.4 Å². The lowest BCUT2D eigenvalue weighted by molar-refractivity contribution is 0.400. The summed E-state index contributed by atoms with van der Waals surface area (Å²) in [4.78, 5) is 4.49. The van der Waals surface area contributed by atoms with E-state index in [0.29, 0.717) is 5.02 Å². The van der Waals surface area contributed by atoms with E-state index < -0.39 is 0 Å². The highest BCUT2D eigenvalue weighted by atomic mass is 79.9. The van der Waals surface area contributed by atoms with Gasteiger partial charge in [-0.25, -0.2) is 0 Å². The molecule has 0 spiro atoms. The lowest BCUT2D eigenvalue weighted by Crippen LogP contribution is -2.25. The highest BCUT2D eigenvalue weighted by Gasteiger charge is 2.21. The van der Waals surface area contributed by atoms with Crippen molar-refractivity contribution in [2.24, 2.45) is 0 Å². The van der Waals surface area contributed by atoms with Crippen LogP contribution in [0.3, 0.4) is 0 Å². The minimum atomic E-state index is -0.105. The summed E-state index contributed by atoms with van der Waals surface area (Å²) in [5, 5.41) is 4.20. The minimum Gasteiger partial charge on any atom is -0.495 e. The Labute approximate surface area is 138 Å². The number of nitrogens with one attached hydrogen (secondary N) is 1. The summed E-state index contributed by atoms with van der Waals surface area (Å²) in [5.74, 6) is 0.752. The van der Waals surface area contributed by atoms with Crippen LogP contribution in [0, 0.1) is 0 Å². The van der Waals surface area contributed by atoms with E-state index in [1.807, 2.05) is 30.3 Å². The fourth-order valence-electron chi connectivity index (χ4n) is 2.17. The zero-order valence-corrected chi connectivity index (χ0v) is 14.4. The first-order chi connectivity index (χ1) is 10.2. The van der Waals surface area contributed by atoms with Crippen molar-refractivity contribution in [3.63, 3.8) is 0 Å². The first-order valence-corrected chi connectivity index (χ1v) is 8.01. The van der Waals surface area contributed by atoms with Crippen molar-refractivity contribution in [1.82, 2.24) is 10.3 Å². The van der Waals surface area contributed by atoms with Gasteiger partial charge in [-0.3, -0.25) is 4.98 Å². The van der Waals surface area contributed by atoms with Crippen molar-refractivity contribution in [3.05, 3.63) is 57.3 Å². The van der Waals surface area contributed by atoms with E-state index in [2.05, 4.69) is 33.2 Å². The van der Waals surface area contributed by atoms with E-state index >= 15 is 0 Å². The highest BCUT2D eigenvalue weighted by Crippen LogP contribution is 2.33. The van der Waals surface area contributed by atoms with Crippen LogP contribution < -0.4 is 10.1 Å². The van der Waals surface area contributed by atoms with E-state index in [0.717, 1.165) is 34.4 Å². The molecule has 1 aromatic heterocycles. The number of methoxy groups -OCH3 is 1.